The van der Waals surface area contributed by atoms with Crippen LogP contribution in [0.25, 0.3) is 5.69 Å². The molecule has 15 heavy (non-hydrogen) atoms. The van der Waals surface area contributed by atoms with Crippen LogP contribution in [-0.2, 0) is 4.79 Å². The van der Waals surface area contributed by atoms with Crippen LogP contribution < -0.4 is 10.5 Å². The average Bonchev–Trinajstić information content (AvgIpc) is 2.63. The van der Waals surface area contributed by atoms with E-state index in [9.17, 15) is 4.79 Å². The molecule has 0 aliphatic heterocycles. The molecule has 0 spiro atoms. The molecular formula is C10H9N3O2. The van der Waals surface area contributed by atoms with E-state index in [4.69, 9.17) is 5.73 Å². The van der Waals surface area contributed by atoms with Crippen molar-refractivity contribution in [3.05, 3.63) is 36.5 Å². The van der Waals surface area contributed by atoms with Crippen LogP contribution in [0.4, 0.5) is 5.82 Å². The Morgan fingerprint density at radius 2 is 2.07 bits per heavy atom. The fourth-order valence-corrected chi connectivity index (χ4v) is 1.26. The number of nitrogen functional groups attached to an aromatic ring is 1. The number of nitrogens with zero attached hydrogens (tertiary/aromatic N) is 2. The third-order valence-corrected chi connectivity index (χ3v) is 1.95. The van der Waals surface area contributed by atoms with Crippen LogP contribution in [0.3, 0.4) is 0 Å². The Hall–Kier alpha value is -2.30. The van der Waals surface area contributed by atoms with Crippen molar-refractivity contribution in [3.8, 4) is 11.4 Å². The molecule has 1 aromatic heterocycles. The van der Waals surface area contributed by atoms with Crippen molar-refractivity contribution in [2.45, 2.75) is 0 Å². The minimum atomic E-state index is 0.258. The minimum Gasteiger partial charge on any atom is -0.423 e. The first-order valence-electron chi connectivity index (χ1n) is 4.32. The molecule has 0 fully saturated rings. The molecule has 1 heterocycles. The molecule has 5 nitrogen and oxygen atoms in total. The van der Waals surface area contributed by atoms with E-state index in [1.807, 2.05) is 30.3 Å². The van der Waals surface area contributed by atoms with E-state index in [2.05, 4.69) is 9.84 Å². The molecule has 0 aliphatic rings. The highest BCUT2D eigenvalue weighted by Gasteiger charge is 2.09. The van der Waals surface area contributed by atoms with Crippen molar-refractivity contribution < 1.29 is 9.53 Å². The van der Waals surface area contributed by atoms with E-state index < -0.39 is 0 Å². The predicted molar refractivity (Wildman–Crippen MR) is 54.7 cm³/mol. The second-order valence-corrected chi connectivity index (χ2v) is 2.86. The van der Waals surface area contributed by atoms with Gasteiger partial charge in [-0.1, -0.05) is 18.2 Å². The molecule has 0 aliphatic carbocycles. The van der Waals surface area contributed by atoms with Crippen molar-refractivity contribution in [3.63, 3.8) is 0 Å². The molecule has 0 bridgehead atoms. The van der Waals surface area contributed by atoms with Crippen LogP contribution in [0.15, 0.2) is 36.5 Å². The predicted octanol–water partition coefficient (Wildman–Crippen LogP) is 0.990. The molecule has 5 heteroatoms. The zero-order valence-corrected chi connectivity index (χ0v) is 7.83. The maximum absolute atomic E-state index is 10.2. The molecule has 1 aromatic carbocycles. The number of para-hydroxylation sites is 1. The van der Waals surface area contributed by atoms with Crippen molar-refractivity contribution >= 4 is 12.3 Å². The summed E-state index contributed by atoms with van der Waals surface area (Å²) in [4.78, 5) is 10.2. The molecule has 2 aromatic rings. The third kappa shape index (κ3) is 1.67. The van der Waals surface area contributed by atoms with Gasteiger partial charge in [0.2, 0.25) is 0 Å². The smallest absolute Gasteiger partial charge is 0.298 e. The minimum absolute atomic E-state index is 0.258. The molecule has 0 saturated heterocycles. The zero-order chi connectivity index (χ0) is 10.7. The van der Waals surface area contributed by atoms with Crippen LogP contribution in [0.1, 0.15) is 0 Å². The highest BCUT2D eigenvalue weighted by Crippen LogP contribution is 2.22. The topological polar surface area (TPSA) is 70.1 Å². The third-order valence-electron chi connectivity index (χ3n) is 1.95. The lowest BCUT2D eigenvalue weighted by molar-refractivity contribution is -0.120. The monoisotopic (exact) mass is 203 g/mol. The fraction of sp³-hybridized carbons (Fsp3) is 0. The van der Waals surface area contributed by atoms with Gasteiger partial charge in [0.1, 0.15) is 0 Å². The van der Waals surface area contributed by atoms with Gasteiger partial charge in [-0.05, 0) is 12.1 Å². The summed E-state index contributed by atoms with van der Waals surface area (Å²) < 4.78 is 6.15. The van der Waals surface area contributed by atoms with Crippen molar-refractivity contribution in [1.29, 1.82) is 0 Å². The van der Waals surface area contributed by atoms with Crippen LogP contribution in [0.5, 0.6) is 5.75 Å². The summed E-state index contributed by atoms with van der Waals surface area (Å²) in [6.45, 7) is 0.322. The first-order chi connectivity index (χ1) is 7.33. The van der Waals surface area contributed by atoms with Crippen molar-refractivity contribution in [1.82, 2.24) is 9.78 Å². The number of aromatic nitrogens is 2. The van der Waals surface area contributed by atoms with Gasteiger partial charge in [-0.3, -0.25) is 4.79 Å². The Labute approximate surface area is 86.1 Å². The maximum atomic E-state index is 10.2. The zero-order valence-electron chi connectivity index (χ0n) is 7.83. The number of carbonyl (C=O) groups is 1. The molecule has 0 saturated carbocycles. The summed E-state index contributed by atoms with van der Waals surface area (Å²) in [5.41, 5.74) is 6.55. The molecule has 0 atom stereocenters. The van der Waals surface area contributed by atoms with Crippen molar-refractivity contribution in [2.24, 2.45) is 0 Å². The molecule has 2 N–H and O–H groups in total. The summed E-state index contributed by atoms with van der Waals surface area (Å²) >= 11 is 0. The SMILES string of the molecule is Nc1c(OC=O)cnn1-c1ccccc1. The molecule has 0 amide bonds. The van der Waals surface area contributed by atoms with Gasteiger partial charge in [0.15, 0.2) is 11.6 Å². The molecule has 0 radical (unpaired) electrons. The van der Waals surface area contributed by atoms with Gasteiger partial charge in [-0.25, -0.2) is 4.68 Å². The number of hydrogen-bond donors (Lipinski definition) is 1. The lowest BCUT2D eigenvalue weighted by Gasteiger charge is -2.03. The second kappa shape index (κ2) is 3.83. The Morgan fingerprint density at radius 3 is 2.73 bits per heavy atom. The summed E-state index contributed by atoms with van der Waals surface area (Å²) in [6.07, 6.45) is 1.40. The first kappa shape index (κ1) is 9.26. The number of rotatable bonds is 3. The van der Waals surface area contributed by atoms with E-state index in [0.29, 0.717) is 12.3 Å². The highest BCUT2D eigenvalue weighted by atomic mass is 16.5. The number of nitrogens with two attached hydrogens (primary N) is 1. The Bertz CT molecular complexity index is 465. The van der Waals surface area contributed by atoms with Crippen LogP contribution in [0.2, 0.25) is 0 Å². The van der Waals surface area contributed by atoms with E-state index in [1.54, 1.807) is 0 Å². The molecule has 76 valence electrons. The number of carbonyl (C=O) groups excluding carboxylic acids is 1. The number of hydrogen-bond acceptors (Lipinski definition) is 4. The summed E-state index contributed by atoms with van der Waals surface area (Å²) in [7, 11) is 0. The molecular weight excluding hydrogens is 194 g/mol. The largest absolute Gasteiger partial charge is 0.423 e. The van der Waals surface area contributed by atoms with Gasteiger partial charge in [0, 0.05) is 0 Å². The lowest BCUT2D eigenvalue weighted by atomic mass is 10.3. The van der Waals surface area contributed by atoms with Gasteiger partial charge in [-0.2, -0.15) is 5.10 Å². The number of ether oxygens (including phenoxy) is 1. The second-order valence-electron chi connectivity index (χ2n) is 2.86. The molecule has 2 rings (SSSR count). The Kier molecular flexibility index (Phi) is 2.37. The van der Waals surface area contributed by atoms with E-state index in [1.165, 1.54) is 10.9 Å². The molecule has 0 unspecified atom stereocenters. The fourth-order valence-electron chi connectivity index (χ4n) is 1.26. The van der Waals surface area contributed by atoms with Gasteiger partial charge in [0.25, 0.3) is 6.47 Å². The van der Waals surface area contributed by atoms with Crippen LogP contribution >= 0.6 is 0 Å². The van der Waals surface area contributed by atoms with E-state index >= 15 is 0 Å². The van der Waals surface area contributed by atoms with Gasteiger partial charge in [0.05, 0.1) is 11.9 Å². The highest BCUT2D eigenvalue weighted by molar-refractivity contribution is 5.56. The van der Waals surface area contributed by atoms with Crippen LogP contribution in [-0.4, -0.2) is 16.3 Å². The summed E-state index contributed by atoms with van der Waals surface area (Å²) in [5.74, 6) is 0.558. The van der Waals surface area contributed by atoms with Crippen molar-refractivity contribution in [2.75, 3.05) is 5.73 Å². The van der Waals surface area contributed by atoms with Gasteiger partial charge in [-0.15, -0.1) is 0 Å². The average molecular weight is 203 g/mol. The quantitative estimate of drug-likeness (QED) is 0.755. The Morgan fingerprint density at radius 1 is 1.33 bits per heavy atom. The normalized spacial score (nSPS) is 9.87. The van der Waals surface area contributed by atoms with Gasteiger partial charge < -0.3 is 10.5 Å². The standard InChI is InChI=1S/C10H9N3O2/c11-10-9(15-7-14)6-12-13(10)8-4-2-1-3-5-8/h1-7H,11H2. The first-order valence-corrected chi connectivity index (χ1v) is 4.32. The Balaban J connectivity index is 2.42. The van der Waals surface area contributed by atoms with Crippen LogP contribution in [0, 0.1) is 0 Å². The van der Waals surface area contributed by atoms with E-state index in [-0.39, 0.29) is 5.75 Å². The summed E-state index contributed by atoms with van der Waals surface area (Å²) in [6, 6.07) is 9.35. The number of anilines is 1. The lowest BCUT2D eigenvalue weighted by Crippen LogP contribution is -2.02. The van der Waals surface area contributed by atoms with E-state index in [0.717, 1.165) is 5.69 Å². The maximum Gasteiger partial charge on any atom is 0.298 e. The summed E-state index contributed by atoms with van der Waals surface area (Å²) in [5, 5.41) is 4.01. The van der Waals surface area contributed by atoms with Gasteiger partial charge >= 0.3 is 0 Å². The number of benzene rings is 1.